The molecular weight excluding hydrogens is 244 g/mol. The molecule has 1 aromatic heterocycles. The monoisotopic (exact) mass is 262 g/mol. The molecule has 2 amide bonds. The molecule has 2 N–H and O–H groups in total. The Kier molecular flexibility index (Phi) is 3.99. The summed E-state index contributed by atoms with van der Waals surface area (Å²) in [4.78, 5) is 29.7. The molecule has 6 heteroatoms. The molecule has 0 spiro atoms. The van der Waals surface area contributed by atoms with Gasteiger partial charge in [-0.1, -0.05) is 0 Å². The van der Waals surface area contributed by atoms with Crippen molar-refractivity contribution < 1.29 is 9.59 Å². The van der Waals surface area contributed by atoms with Gasteiger partial charge in [0, 0.05) is 33.4 Å². The summed E-state index contributed by atoms with van der Waals surface area (Å²) >= 11 is 0. The average Bonchev–Trinajstić information content (AvgIpc) is 2.95. The summed E-state index contributed by atoms with van der Waals surface area (Å²) in [5.74, 6) is 0.490. The number of nitrogens with one attached hydrogen (secondary N) is 2. The molecule has 1 saturated heterocycles. The maximum absolute atomic E-state index is 11.8. The maximum Gasteiger partial charge on any atom is 0.254 e. The zero-order chi connectivity index (χ0) is 13.8. The molecule has 1 aliphatic heterocycles. The summed E-state index contributed by atoms with van der Waals surface area (Å²) in [6, 6.07) is 3.48. The van der Waals surface area contributed by atoms with Gasteiger partial charge in [-0.3, -0.25) is 9.59 Å². The van der Waals surface area contributed by atoms with E-state index in [2.05, 4.69) is 15.6 Å². The van der Waals surface area contributed by atoms with E-state index >= 15 is 0 Å². The highest BCUT2D eigenvalue weighted by molar-refractivity contribution is 5.98. The van der Waals surface area contributed by atoms with Crippen LogP contribution in [0.2, 0.25) is 0 Å². The van der Waals surface area contributed by atoms with Crippen LogP contribution in [0.25, 0.3) is 0 Å². The van der Waals surface area contributed by atoms with E-state index in [1.54, 1.807) is 32.4 Å². The van der Waals surface area contributed by atoms with Crippen molar-refractivity contribution >= 4 is 17.6 Å². The molecule has 6 nitrogen and oxygen atoms in total. The zero-order valence-corrected chi connectivity index (χ0v) is 11.1. The van der Waals surface area contributed by atoms with Crippen LogP contribution in [0.5, 0.6) is 0 Å². The molecule has 1 aromatic rings. The number of pyridine rings is 1. The normalized spacial score (nSPS) is 18.2. The van der Waals surface area contributed by atoms with Crippen molar-refractivity contribution in [2.75, 3.05) is 32.1 Å². The van der Waals surface area contributed by atoms with Gasteiger partial charge in [-0.25, -0.2) is 4.98 Å². The lowest BCUT2D eigenvalue weighted by molar-refractivity contribution is -0.123. The highest BCUT2D eigenvalue weighted by atomic mass is 16.2. The second-order valence-electron chi connectivity index (χ2n) is 4.50. The van der Waals surface area contributed by atoms with Crippen LogP contribution in [-0.4, -0.2) is 44.0 Å². The Morgan fingerprint density at radius 3 is 2.84 bits per heavy atom. The lowest BCUT2D eigenvalue weighted by atomic mass is 10.1. The number of rotatable bonds is 3. The predicted molar refractivity (Wildman–Crippen MR) is 72.0 cm³/mol. The van der Waals surface area contributed by atoms with Gasteiger partial charge in [-0.2, -0.15) is 0 Å². The molecule has 0 aliphatic carbocycles. The van der Waals surface area contributed by atoms with Gasteiger partial charge in [-0.15, -0.1) is 0 Å². The second-order valence-corrected chi connectivity index (χ2v) is 4.50. The number of hydrogen-bond donors (Lipinski definition) is 2. The molecule has 102 valence electrons. The van der Waals surface area contributed by atoms with Crippen LogP contribution in [0.4, 0.5) is 5.82 Å². The quantitative estimate of drug-likeness (QED) is 0.805. The Balaban J connectivity index is 2.20. The van der Waals surface area contributed by atoms with Crippen molar-refractivity contribution in [3.05, 3.63) is 23.9 Å². The molecule has 2 heterocycles. The van der Waals surface area contributed by atoms with Crippen LogP contribution in [0.1, 0.15) is 16.8 Å². The van der Waals surface area contributed by atoms with Crippen LogP contribution in [-0.2, 0) is 4.79 Å². The molecule has 19 heavy (non-hydrogen) atoms. The Bertz CT molecular complexity index is 489. The molecule has 0 bridgehead atoms. The smallest absolute Gasteiger partial charge is 0.254 e. The molecule has 0 aromatic carbocycles. The Labute approximate surface area is 112 Å². The SMILES string of the molecule is CNC(=O)c1cccnc1N1CCC(C(=O)NC)C1. The first kappa shape index (κ1) is 13.3. The minimum atomic E-state index is -0.161. The summed E-state index contributed by atoms with van der Waals surface area (Å²) in [5.41, 5.74) is 0.544. The minimum absolute atomic E-state index is 0.0375. The van der Waals surface area contributed by atoms with E-state index in [1.807, 2.05) is 4.90 Å². The number of nitrogens with zero attached hydrogens (tertiary/aromatic N) is 2. The number of aromatic nitrogens is 1. The number of anilines is 1. The van der Waals surface area contributed by atoms with E-state index < -0.39 is 0 Å². The third kappa shape index (κ3) is 2.67. The van der Waals surface area contributed by atoms with Crippen molar-refractivity contribution in [2.24, 2.45) is 5.92 Å². The van der Waals surface area contributed by atoms with Crippen molar-refractivity contribution in [3.8, 4) is 0 Å². The molecule has 1 aliphatic rings. The second kappa shape index (κ2) is 5.69. The van der Waals surface area contributed by atoms with Crippen LogP contribution in [0.3, 0.4) is 0 Å². The van der Waals surface area contributed by atoms with Crippen molar-refractivity contribution in [1.29, 1.82) is 0 Å². The van der Waals surface area contributed by atoms with Gasteiger partial charge in [0.25, 0.3) is 5.91 Å². The van der Waals surface area contributed by atoms with Gasteiger partial charge in [0.15, 0.2) is 0 Å². The van der Waals surface area contributed by atoms with Crippen LogP contribution >= 0.6 is 0 Å². The summed E-state index contributed by atoms with van der Waals surface area (Å²) < 4.78 is 0. The maximum atomic E-state index is 11.8. The van der Waals surface area contributed by atoms with Crippen LogP contribution in [0.15, 0.2) is 18.3 Å². The fourth-order valence-electron chi connectivity index (χ4n) is 2.33. The van der Waals surface area contributed by atoms with Gasteiger partial charge in [-0.05, 0) is 18.6 Å². The fourth-order valence-corrected chi connectivity index (χ4v) is 2.33. The highest BCUT2D eigenvalue weighted by Gasteiger charge is 2.30. The Morgan fingerprint density at radius 1 is 1.37 bits per heavy atom. The summed E-state index contributed by atoms with van der Waals surface area (Å²) in [7, 11) is 3.23. The zero-order valence-electron chi connectivity index (χ0n) is 11.1. The number of carbonyl (C=O) groups is 2. The average molecular weight is 262 g/mol. The fraction of sp³-hybridized carbons (Fsp3) is 0.462. The van der Waals surface area contributed by atoms with Crippen LogP contribution < -0.4 is 15.5 Å². The largest absolute Gasteiger partial charge is 0.359 e. The lowest BCUT2D eigenvalue weighted by Gasteiger charge is -2.19. The molecule has 1 atom stereocenters. The van der Waals surface area contributed by atoms with Gasteiger partial charge >= 0.3 is 0 Å². The van der Waals surface area contributed by atoms with E-state index in [1.165, 1.54) is 0 Å². The standard InChI is InChI=1S/C13H18N4O2/c1-14-12(18)9-5-7-17(8-9)11-10(13(19)15-2)4-3-6-16-11/h3-4,6,9H,5,7-8H2,1-2H3,(H,14,18)(H,15,19). The Morgan fingerprint density at radius 2 is 2.16 bits per heavy atom. The van der Waals surface area contributed by atoms with Crippen molar-refractivity contribution in [3.63, 3.8) is 0 Å². The van der Waals surface area contributed by atoms with Gasteiger partial charge in [0.2, 0.25) is 5.91 Å². The molecule has 2 rings (SSSR count). The van der Waals surface area contributed by atoms with E-state index in [0.717, 1.165) is 13.0 Å². The van der Waals surface area contributed by atoms with Gasteiger partial charge in [0.1, 0.15) is 5.82 Å². The van der Waals surface area contributed by atoms with E-state index in [9.17, 15) is 9.59 Å². The lowest BCUT2D eigenvalue weighted by Crippen LogP contribution is -2.31. The van der Waals surface area contributed by atoms with Crippen molar-refractivity contribution in [2.45, 2.75) is 6.42 Å². The van der Waals surface area contributed by atoms with E-state index in [-0.39, 0.29) is 17.7 Å². The minimum Gasteiger partial charge on any atom is -0.359 e. The number of carbonyl (C=O) groups excluding carboxylic acids is 2. The van der Waals surface area contributed by atoms with Crippen molar-refractivity contribution in [1.82, 2.24) is 15.6 Å². The van der Waals surface area contributed by atoms with E-state index in [0.29, 0.717) is 17.9 Å². The predicted octanol–water partition coefficient (Wildman–Crippen LogP) is 0.0135. The highest BCUT2D eigenvalue weighted by Crippen LogP contribution is 2.25. The molecule has 1 fully saturated rings. The first-order valence-corrected chi connectivity index (χ1v) is 6.31. The molecular formula is C13H18N4O2. The Hall–Kier alpha value is -2.11. The van der Waals surface area contributed by atoms with Gasteiger partial charge < -0.3 is 15.5 Å². The molecule has 1 unspecified atom stereocenters. The first-order chi connectivity index (χ1) is 9.17. The molecule has 0 saturated carbocycles. The van der Waals surface area contributed by atoms with Gasteiger partial charge in [0.05, 0.1) is 11.5 Å². The number of hydrogen-bond acceptors (Lipinski definition) is 4. The first-order valence-electron chi connectivity index (χ1n) is 6.31. The third-order valence-corrected chi connectivity index (χ3v) is 3.36. The van der Waals surface area contributed by atoms with E-state index in [4.69, 9.17) is 0 Å². The number of amides is 2. The third-order valence-electron chi connectivity index (χ3n) is 3.36. The summed E-state index contributed by atoms with van der Waals surface area (Å²) in [6.07, 6.45) is 2.44. The summed E-state index contributed by atoms with van der Waals surface area (Å²) in [6.45, 7) is 1.33. The summed E-state index contributed by atoms with van der Waals surface area (Å²) in [5, 5.41) is 5.27. The molecule has 0 radical (unpaired) electrons. The van der Waals surface area contributed by atoms with Crippen LogP contribution in [0, 0.1) is 5.92 Å². The topological polar surface area (TPSA) is 74.3 Å².